The van der Waals surface area contributed by atoms with Gasteiger partial charge in [-0.15, -0.1) is 0 Å². The average Bonchev–Trinajstić information content (AvgIpc) is 2.41. The molecule has 5 nitrogen and oxygen atoms in total. The SMILES string of the molecule is Nc1cc(Cl)ccc1NC(=O)CCN1CCOCC1. The van der Waals surface area contributed by atoms with E-state index in [9.17, 15) is 4.79 Å². The van der Waals surface area contributed by atoms with Gasteiger partial charge in [0.1, 0.15) is 0 Å². The lowest BCUT2D eigenvalue weighted by Crippen LogP contribution is -2.38. The van der Waals surface area contributed by atoms with Gasteiger partial charge in [-0.3, -0.25) is 9.69 Å². The molecule has 1 heterocycles. The van der Waals surface area contributed by atoms with E-state index < -0.39 is 0 Å². The first-order valence-corrected chi connectivity index (χ1v) is 6.68. The van der Waals surface area contributed by atoms with Gasteiger partial charge in [-0.2, -0.15) is 0 Å². The van der Waals surface area contributed by atoms with Crippen molar-refractivity contribution < 1.29 is 9.53 Å². The number of nitrogens with two attached hydrogens (primary N) is 1. The van der Waals surface area contributed by atoms with Crippen molar-refractivity contribution in [1.82, 2.24) is 4.90 Å². The number of nitrogens with one attached hydrogen (secondary N) is 1. The standard InChI is InChI=1S/C13H18ClN3O2/c14-10-1-2-12(11(15)9-10)16-13(18)3-4-17-5-7-19-8-6-17/h1-2,9H,3-8,15H2,(H,16,18). The molecule has 104 valence electrons. The van der Waals surface area contributed by atoms with E-state index in [2.05, 4.69) is 10.2 Å². The predicted molar refractivity (Wildman–Crippen MR) is 76.4 cm³/mol. The van der Waals surface area contributed by atoms with Crippen LogP contribution < -0.4 is 11.1 Å². The highest BCUT2D eigenvalue weighted by molar-refractivity contribution is 6.31. The molecule has 19 heavy (non-hydrogen) atoms. The molecule has 3 N–H and O–H groups in total. The van der Waals surface area contributed by atoms with Crippen molar-refractivity contribution >= 4 is 28.9 Å². The van der Waals surface area contributed by atoms with Crippen molar-refractivity contribution in [3.63, 3.8) is 0 Å². The maximum atomic E-state index is 11.8. The lowest BCUT2D eigenvalue weighted by atomic mass is 10.2. The van der Waals surface area contributed by atoms with Crippen LogP contribution >= 0.6 is 11.6 Å². The lowest BCUT2D eigenvalue weighted by Gasteiger charge is -2.26. The summed E-state index contributed by atoms with van der Waals surface area (Å²) in [4.78, 5) is 14.1. The number of morpholine rings is 1. The third kappa shape index (κ3) is 4.38. The second-order valence-corrected chi connectivity index (χ2v) is 4.92. The molecule has 0 aromatic heterocycles. The molecule has 6 heteroatoms. The van der Waals surface area contributed by atoms with Crippen molar-refractivity contribution in [1.29, 1.82) is 0 Å². The van der Waals surface area contributed by atoms with Crippen LogP contribution in [-0.2, 0) is 9.53 Å². The zero-order chi connectivity index (χ0) is 13.7. The Balaban J connectivity index is 1.80. The number of ether oxygens (including phenoxy) is 1. The predicted octanol–water partition coefficient (Wildman–Crippen LogP) is 1.58. The van der Waals surface area contributed by atoms with Crippen LogP contribution in [0.3, 0.4) is 0 Å². The Labute approximate surface area is 117 Å². The highest BCUT2D eigenvalue weighted by Gasteiger charge is 2.12. The third-order valence-corrected chi connectivity index (χ3v) is 3.28. The molecule has 1 aromatic carbocycles. The van der Waals surface area contributed by atoms with E-state index in [1.165, 1.54) is 0 Å². The highest BCUT2D eigenvalue weighted by Crippen LogP contribution is 2.22. The monoisotopic (exact) mass is 283 g/mol. The molecule has 0 spiro atoms. The number of amides is 1. The van der Waals surface area contributed by atoms with Crippen molar-refractivity contribution in [2.24, 2.45) is 0 Å². The van der Waals surface area contributed by atoms with Gasteiger partial charge in [-0.1, -0.05) is 11.6 Å². The molecule has 1 aliphatic rings. The molecule has 0 saturated carbocycles. The number of nitrogens with zero attached hydrogens (tertiary/aromatic N) is 1. The van der Waals surface area contributed by atoms with Crippen LogP contribution in [0, 0.1) is 0 Å². The van der Waals surface area contributed by atoms with E-state index in [0.717, 1.165) is 32.8 Å². The molecule has 1 aromatic rings. The zero-order valence-corrected chi connectivity index (χ0v) is 11.4. The van der Waals surface area contributed by atoms with Gasteiger partial charge in [-0.05, 0) is 18.2 Å². The number of anilines is 2. The molecule has 1 fully saturated rings. The normalized spacial score (nSPS) is 16.3. The first-order valence-electron chi connectivity index (χ1n) is 6.30. The van der Waals surface area contributed by atoms with Crippen LogP contribution in [0.4, 0.5) is 11.4 Å². The molecular formula is C13H18ClN3O2. The molecule has 1 saturated heterocycles. The zero-order valence-electron chi connectivity index (χ0n) is 10.7. The number of hydrogen-bond acceptors (Lipinski definition) is 4. The Morgan fingerprint density at radius 3 is 2.84 bits per heavy atom. The van der Waals surface area contributed by atoms with E-state index in [-0.39, 0.29) is 5.91 Å². The second-order valence-electron chi connectivity index (χ2n) is 4.48. The van der Waals surface area contributed by atoms with Gasteiger partial charge in [0.25, 0.3) is 0 Å². The van der Waals surface area contributed by atoms with Crippen molar-refractivity contribution in [2.75, 3.05) is 43.9 Å². The average molecular weight is 284 g/mol. The number of hydrogen-bond donors (Lipinski definition) is 2. The summed E-state index contributed by atoms with van der Waals surface area (Å²) in [6.07, 6.45) is 0.446. The van der Waals surface area contributed by atoms with E-state index in [1.54, 1.807) is 18.2 Å². The minimum absolute atomic E-state index is 0.0412. The van der Waals surface area contributed by atoms with Crippen molar-refractivity contribution in [2.45, 2.75) is 6.42 Å². The minimum Gasteiger partial charge on any atom is -0.397 e. The molecule has 1 amide bonds. The Morgan fingerprint density at radius 2 is 2.16 bits per heavy atom. The number of carbonyl (C=O) groups is 1. The molecule has 0 radical (unpaired) electrons. The lowest BCUT2D eigenvalue weighted by molar-refractivity contribution is -0.116. The summed E-state index contributed by atoms with van der Waals surface area (Å²) in [6.45, 7) is 3.99. The van der Waals surface area contributed by atoms with Crippen molar-refractivity contribution in [3.05, 3.63) is 23.2 Å². The smallest absolute Gasteiger partial charge is 0.225 e. The Hall–Kier alpha value is -1.30. The highest BCUT2D eigenvalue weighted by atomic mass is 35.5. The Kier molecular flexibility index (Phi) is 5.01. The van der Waals surface area contributed by atoms with Gasteiger partial charge in [0.15, 0.2) is 0 Å². The van der Waals surface area contributed by atoms with E-state index in [1.807, 2.05) is 0 Å². The topological polar surface area (TPSA) is 67.6 Å². The van der Waals surface area contributed by atoms with E-state index in [0.29, 0.717) is 22.8 Å². The molecule has 1 aliphatic heterocycles. The van der Waals surface area contributed by atoms with Crippen LogP contribution in [-0.4, -0.2) is 43.7 Å². The Morgan fingerprint density at radius 1 is 1.42 bits per heavy atom. The number of halogens is 1. The summed E-state index contributed by atoms with van der Waals surface area (Å²) in [5.74, 6) is -0.0412. The summed E-state index contributed by atoms with van der Waals surface area (Å²) in [5.41, 5.74) is 6.87. The van der Waals surface area contributed by atoms with Crippen LogP contribution in [0.5, 0.6) is 0 Å². The van der Waals surface area contributed by atoms with E-state index in [4.69, 9.17) is 22.1 Å². The molecular weight excluding hydrogens is 266 g/mol. The first-order chi connectivity index (χ1) is 9.15. The number of benzene rings is 1. The fourth-order valence-electron chi connectivity index (χ4n) is 1.94. The summed E-state index contributed by atoms with van der Waals surface area (Å²) in [5, 5.41) is 3.36. The summed E-state index contributed by atoms with van der Waals surface area (Å²) < 4.78 is 5.26. The third-order valence-electron chi connectivity index (χ3n) is 3.05. The fraction of sp³-hybridized carbons (Fsp3) is 0.462. The van der Waals surface area contributed by atoms with Gasteiger partial charge in [0.05, 0.1) is 24.6 Å². The van der Waals surface area contributed by atoms with Crippen LogP contribution in [0.2, 0.25) is 5.02 Å². The van der Waals surface area contributed by atoms with E-state index >= 15 is 0 Å². The maximum Gasteiger partial charge on any atom is 0.225 e. The Bertz CT molecular complexity index is 448. The van der Waals surface area contributed by atoms with Crippen LogP contribution in [0.25, 0.3) is 0 Å². The quantitative estimate of drug-likeness (QED) is 0.824. The summed E-state index contributed by atoms with van der Waals surface area (Å²) in [7, 11) is 0. The molecule has 0 bridgehead atoms. The summed E-state index contributed by atoms with van der Waals surface area (Å²) in [6, 6.07) is 5.04. The maximum absolute atomic E-state index is 11.8. The van der Waals surface area contributed by atoms with Gasteiger partial charge in [0.2, 0.25) is 5.91 Å². The van der Waals surface area contributed by atoms with Crippen LogP contribution in [0.15, 0.2) is 18.2 Å². The molecule has 0 atom stereocenters. The van der Waals surface area contributed by atoms with Gasteiger partial charge in [0, 0.05) is 31.1 Å². The summed E-state index contributed by atoms with van der Waals surface area (Å²) >= 11 is 5.80. The van der Waals surface area contributed by atoms with Gasteiger partial charge >= 0.3 is 0 Å². The number of nitrogen functional groups attached to an aromatic ring is 1. The number of carbonyl (C=O) groups excluding carboxylic acids is 1. The largest absolute Gasteiger partial charge is 0.397 e. The molecule has 2 rings (SSSR count). The van der Waals surface area contributed by atoms with Gasteiger partial charge in [-0.25, -0.2) is 0 Å². The second kappa shape index (κ2) is 6.75. The first kappa shape index (κ1) is 14.1. The molecule has 0 aliphatic carbocycles. The van der Waals surface area contributed by atoms with Crippen molar-refractivity contribution in [3.8, 4) is 0 Å². The number of rotatable bonds is 4. The fourth-order valence-corrected chi connectivity index (χ4v) is 2.13. The minimum atomic E-state index is -0.0412. The molecule has 0 unspecified atom stereocenters. The van der Waals surface area contributed by atoms with Gasteiger partial charge < -0.3 is 15.8 Å². The van der Waals surface area contributed by atoms with Crippen LogP contribution in [0.1, 0.15) is 6.42 Å².